The quantitative estimate of drug-likeness (QED) is 0.660. The maximum absolute atomic E-state index is 12.2. The van der Waals surface area contributed by atoms with Crippen molar-refractivity contribution in [1.82, 2.24) is 10.2 Å². The Labute approximate surface area is 129 Å². The average Bonchev–Trinajstić information content (AvgIpc) is 2.47. The van der Waals surface area contributed by atoms with Crippen molar-refractivity contribution in [1.29, 1.82) is 0 Å². The van der Waals surface area contributed by atoms with Crippen molar-refractivity contribution in [2.24, 2.45) is 0 Å². The number of likely N-dealkylation sites (tertiary alicyclic amines) is 1. The summed E-state index contributed by atoms with van der Waals surface area (Å²) in [5.41, 5.74) is 1.32. The van der Waals surface area contributed by atoms with Crippen LogP contribution in [0.15, 0.2) is 18.2 Å². The van der Waals surface area contributed by atoms with Gasteiger partial charge in [0.25, 0.3) is 5.69 Å². The highest BCUT2D eigenvalue weighted by atomic mass is 16.6. The monoisotopic (exact) mass is 307 g/mol. The second kappa shape index (κ2) is 6.74. The van der Waals surface area contributed by atoms with E-state index in [0.717, 1.165) is 6.42 Å². The Balaban J connectivity index is 2.05. The number of carbonyl (C=O) groups excluding carboxylic acids is 1. The van der Waals surface area contributed by atoms with E-state index in [0.29, 0.717) is 30.6 Å². The normalized spacial score (nSPS) is 19.6. The smallest absolute Gasteiger partial charge is 0.317 e. The second-order valence-corrected chi connectivity index (χ2v) is 5.72. The van der Waals surface area contributed by atoms with Gasteiger partial charge in [0.2, 0.25) is 0 Å². The summed E-state index contributed by atoms with van der Waals surface area (Å²) < 4.78 is 0. The molecule has 0 radical (unpaired) electrons. The molecule has 2 N–H and O–H groups in total. The summed E-state index contributed by atoms with van der Waals surface area (Å²) in [4.78, 5) is 24.3. The molecule has 1 fully saturated rings. The molecule has 22 heavy (non-hydrogen) atoms. The molecule has 2 atom stereocenters. The number of rotatable bonds is 3. The first-order valence-corrected chi connectivity index (χ1v) is 7.37. The zero-order valence-corrected chi connectivity index (χ0v) is 12.8. The van der Waals surface area contributed by atoms with Crippen LogP contribution in [0.2, 0.25) is 0 Å². The van der Waals surface area contributed by atoms with E-state index in [1.165, 1.54) is 6.07 Å². The van der Waals surface area contributed by atoms with Crippen molar-refractivity contribution in [2.45, 2.75) is 38.8 Å². The van der Waals surface area contributed by atoms with Gasteiger partial charge in [-0.15, -0.1) is 0 Å². The number of β-amino-alcohol motifs (C(OH)–C–C–N with tert-alkyl or cyclic N) is 1. The molecule has 120 valence electrons. The van der Waals surface area contributed by atoms with E-state index in [2.05, 4.69) is 5.32 Å². The molecule has 7 heteroatoms. The maximum atomic E-state index is 12.2. The van der Waals surface area contributed by atoms with E-state index in [1.54, 1.807) is 30.9 Å². The van der Waals surface area contributed by atoms with Crippen molar-refractivity contribution in [3.05, 3.63) is 39.4 Å². The fraction of sp³-hybridized carbons (Fsp3) is 0.533. The summed E-state index contributed by atoms with van der Waals surface area (Å²) in [6.45, 7) is 4.41. The lowest BCUT2D eigenvalue weighted by Gasteiger charge is -2.31. The third-order valence-electron chi connectivity index (χ3n) is 3.95. The summed E-state index contributed by atoms with van der Waals surface area (Å²) in [6.07, 6.45) is 1.01. The molecule has 0 aromatic heterocycles. The van der Waals surface area contributed by atoms with Crippen molar-refractivity contribution in [3.63, 3.8) is 0 Å². The summed E-state index contributed by atoms with van der Waals surface area (Å²) in [5, 5.41) is 23.4. The molecule has 0 bridgehead atoms. The molecule has 2 rings (SSSR count). The molecule has 0 aliphatic carbocycles. The maximum Gasteiger partial charge on any atom is 0.317 e. The van der Waals surface area contributed by atoms with Crippen LogP contribution >= 0.6 is 0 Å². The predicted octanol–water partition coefficient (Wildman–Crippen LogP) is 2.13. The molecule has 7 nitrogen and oxygen atoms in total. The van der Waals surface area contributed by atoms with Gasteiger partial charge in [-0.05, 0) is 32.3 Å². The van der Waals surface area contributed by atoms with Crippen LogP contribution < -0.4 is 5.32 Å². The van der Waals surface area contributed by atoms with Gasteiger partial charge in [-0.1, -0.05) is 12.1 Å². The van der Waals surface area contributed by atoms with Gasteiger partial charge in [-0.2, -0.15) is 0 Å². The molecular weight excluding hydrogens is 286 g/mol. The second-order valence-electron chi connectivity index (χ2n) is 5.72. The number of aliphatic hydroxyl groups excluding tert-OH is 1. The SMILES string of the molecule is Cc1ccc([C@@H](C)NC(=O)N2CCC[C@@H](O)C2)cc1[N+](=O)[O-]. The summed E-state index contributed by atoms with van der Waals surface area (Å²) in [6, 6.07) is 4.35. The molecule has 2 amide bonds. The number of aliphatic hydroxyl groups is 1. The molecule has 1 aliphatic heterocycles. The molecule has 0 saturated carbocycles. The number of aryl methyl sites for hydroxylation is 1. The summed E-state index contributed by atoms with van der Waals surface area (Å²) in [7, 11) is 0. The Hall–Kier alpha value is -2.15. The van der Waals surface area contributed by atoms with Gasteiger partial charge in [-0.25, -0.2) is 4.79 Å². The molecular formula is C15H21N3O4. The zero-order chi connectivity index (χ0) is 16.3. The van der Waals surface area contributed by atoms with Crippen LogP contribution in [0.1, 0.15) is 36.9 Å². The first-order chi connectivity index (χ1) is 10.4. The Morgan fingerprint density at radius 3 is 2.91 bits per heavy atom. The molecule has 1 aromatic rings. The van der Waals surface area contributed by atoms with Crippen LogP contribution in [-0.2, 0) is 0 Å². The highest BCUT2D eigenvalue weighted by Crippen LogP contribution is 2.23. The van der Waals surface area contributed by atoms with E-state index in [4.69, 9.17) is 0 Å². The van der Waals surface area contributed by atoms with E-state index >= 15 is 0 Å². The first kappa shape index (κ1) is 16.2. The van der Waals surface area contributed by atoms with Gasteiger partial charge >= 0.3 is 6.03 Å². The molecule has 0 spiro atoms. The lowest BCUT2D eigenvalue weighted by Crippen LogP contribution is -2.47. The Morgan fingerprint density at radius 2 is 2.27 bits per heavy atom. The van der Waals surface area contributed by atoms with Crippen molar-refractivity contribution < 1.29 is 14.8 Å². The molecule has 0 unspecified atom stereocenters. The van der Waals surface area contributed by atoms with Crippen LogP contribution in [-0.4, -0.2) is 40.2 Å². The van der Waals surface area contributed by atoms with Crippen LogP contribution in [0, 0.1) is 17.0 Å². The number of benzene rings is 1. The Bertz CT molecular complexity index is 576. The Kier molecular flexibility index (Phi) is 4.97. The van der Waals surface area contributed by atoms with Gasteiger partial charge in [0.15, 0.2) is 0 Å². The molecule has 1 heterocycles. The minimum absolute atomic E-state index is 0.0481. The molecule has 1 aromatic carbocycles. The number of hydrogen-bond donors (Lipinski definition) is 2. The van der Waals surface area contributed by atoms with Crippen LogP contribution in [0.3, 0.4) is 0 Å². The number of nitro benzene ring substituents is 1. The molecule has 1 aliphatic rings. The van der Waals surface area contributed by atoms with E-state index in [9.17, 15) is 20.0 Å². The summed E-state index contributed by atoms with van der Waals surface area (Å²) >= 11 is 0. The number of amides is 2. The summed E-state index contributed by atoms with van der Waals surface area (Å²) in [5.74, 6) is 0. The number of carbonyl (C=O) groups is 1. The number of nitro groups is 1. The minimum atomic E-state index is -0.477. The third kappa shape index (κ3) is 3.73. The molecule has 1 saturated heterocycles. The van der Waals surface area contributed by atoms with Gasteiger partial charge in [0, 0.05) is 24.7 Å². The van der Waals surface area contributed by atoms with Gasteiger partial charge in [0.05, 0.1) is 17.1 Å². The number of nitrogens with zero attached hydrogens (tertiary/aromatic N) is 2. The van der Waals surface area contributed by atoms with Gasteiger partial charge < -0.3 is 15.3 Å². The van der Waals surface area contributed by atoms with Crippen LogP contribution in [0.5, 0.6) is 0 Å². The van der Waals surface area contributed by atoms with Crippen molar-refractivity contribution >= 4 is 11.7 Å². The largest absolute Gasteiger partial charge is 0.391 e. The van der Waals surface area contributed by atoms with Crippen molar-refractivity contribution in [2.75, 3.05) is 13.1 Å². The highest BCUT2D eigenvalue weighted by Gasteiger charge is 2.23. The third-order valence-corrected chi connectivity index (χ3v) is 3.95. The van der Waals surface area contributed by atoms with Gasteiger partial charge in [-0.3, -0.25) is 10.1 Å². The fourth-order valence-corrected chi connectivity index (χ4v) is 2.59. The highest BCUT2D eigenvalue weighted by molar-refractivity contribution is 5.75. The lowest BCUT2D eigenvalue weighted by molar-refractivity contribution is -0.385. The topological polar surface area (TPSA) is 95.7 Å². The number of hydrogen-bond acceptors (Lipinski definition) is 4. The average molecular weight is 307 g/mol. The van der Waals surface area contributed by atoms with Crippen molar-refractivity contribution in [3.8, 4) is 0 Å². The Morgan fingerprint density at radius 1 is 1.55 bits per heavy atom. The standard InChI is InChI=1S/C15H21N3O4/c1-10-5-6-12(8-14(10)18(21)22)11(2)16-15(20)17-7-3-4-13(19)9-17/h5-6,8,11,13,19H,3-4,7,9H2,1-2H3,(H,16,20)/t11-,13-/m1/s1. The number of nitrogens with one attached hydrogen (secondary N) is 1. The fourth-order valence-electron chi connectivity index (χ4n) is 2.59. The number of urea groups is 1. The van der Waals surface area contributed by atoms with Crippen LogP contribution in [0.25, 0.3) is 0 Å². The van der Waals surface area contributed by atoms with E-state index < -0.39 is 11.0 Å². The van der Waals surface area contributed by atoms with E-state index in [1.807, 2.05) is 0 Å². The van der Waals surface area contributed by atoms with Gasteiger partial charge in [0.1, 0.15) is 0 Å². The lowest BCUT2D eigenvalue weighted by atomic mass is 10.0. The first-order valence-electron chi connectivity index (χ1n) is 7.37. The van der Waals surface area contributed by atoms with Crippen LogP contribution in [0.4, 0.5) is 10.5 Å². The van der Waals surface area contributed by atoms with E-state index in [-0.39, 0.29) is 17.8 Å². The minimum Gasteiger partial charge on any atom is -0.391 e. The number of piperidine rings is 1. The predicted molar refractivity (Wildman–Crippen MR) is 81.6 cm³/mol. The zero-order valence-electron chi connectivity index (χ0n) is 12.8.